The van der Waals surface area contributed by atoms with Gasteiger partial charge in [-0.2, -0.15) is 4.31 Å². The third kappa shape index (κ3) is 3.03. The molecule has 1 fully saturated rings. The molecular formula is C12H17NO5S2. The van der Waals surface area contributed by atoms with Crippen molar-refractivity contribution in [1.29, 1.82) is 0 Å². The Bertz CT molecular complexity index is 595. The van der Waals surface area contributed by atoms with Gasteiger partial charge >= 0.3 is 5.97 Å². The lowest BCUT2D eigenvalue weighted by molar-refractivity contribution is -0.136. The van der Waals surface area contributed by atoms with E-state index in [1.165, 1.54) is 10.4 Å². The van der Waals surface area contributed by atoms with Crippen LogP contribution < -0.4 is 0 Å². The number of carboxylic acids is 1. The first-order valence-electron chi connectivity index (χ1n) is 6.22. The normalized spacial score (nSPS) is 23.4. The molecule has 1 aliphatic heterocycles. The summed E-state index contributed by atoms with van der Waals surface area (Å²) in [4.78, 5) is 11.2. The molecule has 2 heterocycles. The van der Waals surface area contributed by atoms with Crippen LogP contribution in [0.2, 0.25) is 0 Å². The van der Waals surface area contributed by atoms with Gasteiger partial charge in [0, 0.05) is 18.5 Å². The number of hydrogen-bond donors (Lipinski definition) is 1. The number of carboxylic acid groups (broad SMARTS) is 1. The lowest BCUT2D eigenvalue weighted by Gasteiger charge is -2.25. The summed E-state index contributed by atoms with van der Waals surface area (Å²) in [6.45, 7) is 2.41. The molecule has 1 saturated heterocycles. The number of thiophene rings is 1. The van der Waals surface area contributed by atoms with Crippen LogP contribution in [0.5, 0.6) is 0 Å². The quantitative estimate of drug-likeness (QED) is 0.881. The lowest BCUT2D eigenvalue weighted by Crippen LogP contribution is -2.40. The van der Waals surface area contributed by atoms with Gasteiger partial charge in [0.05, 0.1) is 18.6 Å². The molecule has 0 radical (unpaired) electrons. The minimum atomic E-state index is -3.59. The van der Waals surface area contributed by atoms with Crippen LogP contribution >= 0.6 is 11.3 Å². The van der Waals surface area contributed by atoms with Crippen molar-refractivity contribution in [2.45, 2.75) is 36.1 Å². The highest BCUT2D eigenvalue weighted by Crippen LogP contribution is 2.29. The number of carbonyl (C=O) groups is 1. The van der Waals surface area contributed by atoms with Crippen molar-refractivity contribution in [3.05, 3.63) is 17.0 Å². The van der Waals surface area contributed by atoms with Crippen LogP contribution in [0.25, 0.3) is 0 Å². The van der Waals surface area contributed by atoms with E-state index in [9.17, 15) is 13.2 Å². The van der Waals surface area contributed by atoms with Crippen LogP contribution in [0.4, 0.5) is 0 Å². The van der Waals surface area contributed by atoms with Gasteiger partial charge in [-0.15, -0.1) is 11.3 Å². The zero-order valence-electron chi connectivity index (χ0n) is 11.3. The maximum absolute atomic E-state index is 12.5. The second kappa shape index (κ2) is 5.80. The first-order valence-corrected chi connectivity index (χ1v) is 8.48. The molecule has 112 valence electrons. The maximum Gasteiger partial charge on any atom is 0.308 e. The van der Waals surface area contributed by atoms with E-state index in [0.29, 0.717) is 17.9 Å². The van der Waals surface area contributed by atoms with E-state index in [1.54, 1.807) is 13.1 Å². The van der Waals surface area contributed by atoms with E-state index < -0.39 is 16.0 Å². The van der Waals surface area contributed by atoms with E-state index in [4.69, 9.17) is 9.84 Å². The standard InChI is InChI=1S/C12H17NO5S2/c1-8-10(5-6-18-8)13(2)20(16,17)12-4-3-9(19-12)7-11(14)15/h3-4,8,10H,5-7H2,1-2H3,(H,14,15). The van der Waals surface area contributed by atoms with Crippen LogP contribution in [0.1, 0.15) is 18.2 Å². The van der Waals surface area contributed by atoms with Crippen molar-refractivity contribution in [1.82, 2.24) is 4.31 Å². The molecule has 2 atom stereocenters. The highest BCUT2D eigenvalue weighted by atomic mass is 32.2. The Hall–Kier alpha value is -0.960. The summed E-state index contributed by atoms with van der Waals surface area (Å²) in [7, 11) is -2.05. The number of aliphatic carboxylic acids is 1. The summed E-state index contributed by atoms with van der Waals surface area (Å²) in [6, 6.07) is 2.84. The van der Waals surface area contributed by atoms with Crippen LogP contribution in [0, 0.1) is 0 Å². The SMILES string of the molecule is CC1OCCC1N(C)S(=O)(=O)c1ccc(CC(=O)O)s1. The number of rotatable bonds is 5. The average molecular weight is 319 g/mol. The zero-order valence-corrected chi connectivity index (χ0v) is 12.9. The Balaban J connectivity index is 2.21. The molecule has 0 aromatic carbocycles. The largest absolute Gasteiger partial charge is 0.481 e. The van der Waals surface area contributed by atoms with Gasteiger partial charge in [0.2, 0.25) is 0 Å². The number of hydrogen-bond acceptors (Lipinski definition) is 5. The smallest absolute Gasteiger partial charge is 0.308 e. The van der Waals surface area contributed by atoms with Gasteiger partial charge < -0.3 is 9.84 Å². The summed E-state index contributed by atoms with van der Waals surface area (Å²) >= 11 is 1.01. The van der Waals surface area contributed by atoms with Gasteiger partial charge in [0.15, 0.2) is 0 Å². The van der Waals surface area contributed by atoms with Crippen molar-refractivity contribution in [2.24, 2.45) is 0 Å². The average Bonchev–Trinajstić information content (AvgIpc) is 2.96. The molecule has 0 saturated carbocycles. The van der Waals surface area contributed by atoms with Gasteiger partial charge in [0.1, 0.15) is 4.21 Å². The van der Waals surface area contributed by atoms with Crippen LogP contribution in [-0.4, -0.2) is 49.6 Å². The number of likely N-dealkylation sites (N-methyl/N-ethyl adjacent to an activating group) is 1. The maximum atomic E-state index is 12.5. The Kier molecular flexibility index (Phi) is 4.48. The van der Waals surface area contributed by atoms with E-state index in [1.807, 2.05) is 6.92 Å². The number of nitrogens with zero attached hydrogens (tertiary/aromatic N) is 1. The summed E-state index contributed by atoms with van der Waals surface area (Å²) in [5, 5.41) is 8.73. The van der Waals surface area contributed by atoms with Crippen LogP contribution in [0.3, 0.4) is 0 Å². The molecule has 0 amide bonds. The Morgan fingerprint density at radius 3 is 2.80 bits per heavy atom. The molecule has 2 rings (SSSR count). The molecule has 0 aliphatic carbocycles. The third-order valence-electron chi connectivity index (χ3n) is 3.40. The van der Waals surface area contributed by atoms with E-state index >= 15 is 0 Å². The van der Waals surface area contributed by atoms with Gasteiger partial charge in [-0.05, 0) is 25.5 Å². The van der Waals surface area contributed by atoms with Crippen LogP contribution in [-0.2, 0) is 26.0 Å². The highest BCUT2D eigenvalue weighted by Gasteiger charge is 2.35. The monoisotopic (exact) mass is 319 g/mol. The first-order chi connectivity index (χ1) is 9.32. The second-order valence-electron chi connectivity index (χ2n) is 4.74. The fraction of sp³-hybridized carbons (Fsp3) is 0.583. The molecule has 1 N–H and O–H groups in total. The molecule has 0 bridgehead atoms. The van der Waals surface area contributed by atoms with Gasteiger partial charge in [-0.25, -0.2) is 8.42 Å². The topological polar surface area (TPSA) is 83.9 Å². The van der Waals surface area contributed by atoms with Crippen molar-refractivity contribution < 1.29 is 23.1 Å². The predicted octanol–water partition coefficient (Wildman–Crippen LogP) is 1.17. The van der Waals surface area contributed by atoms with Gasteiger partial charge in [0.25, 0.3) is 10.0 Å². The van der Waals surface area contributed by atoms with Crippen LogP contribution in [0.15, 0.2) is 16.3 Å². The fourth-order valence-electron chi connectivity index (χ4n) is 2.26. The minimum Gasteiger partial charge on any atom is -0.481 e. The molecule has 8 heteroatoms. The first kappa shape index (κ1) is 15.4. The van der Waals surface area contributed by atoms with E-state index in [0.717, 1.165) is 11.3 Å². The predicted molar refractivity (Wildman–Crippen MR) is 74.4 cm³/mol. The summed E-state index contributed by atoms with van der Waals surface area (Å²) < 4.78 is 31.9. The zero-order chi connectivity index (χ0) is 14.9. The Labute approximate surface area is 122 Å². The minimum absolute atomic E-state index is 0.131. The molecule has 1 aliphatic rings. The Morgan fingerprint density at radius 1 is 1.55 bits per heavy atom. The lowest BCUT2D eigenvalue weighted by atomic mass is 10.2. The van der Waals surface area contributed by atoms with Gasteiger partial charge in [-0.1, -0.05) is 0 Å². The molecule has 2 unspecified atom stereocenters. The molecule has 0 spiro atoms. The van der Waals surface area contributed by atoms with Crippen molar-refractivity contribution in [3.8, 4) is 0 Å². The molecule has 6 nitrogen and oxygen atoms in total. The summed E-state index contributed by atoms with van der Waals surface area (Å²) in [5.74, 6) is -0.970. The molecule has 1 aromatic heterocycles. The second-order valence-corrected chi connectivity index (χ2v) is 8.14. The number of ether oxygens (including phenoxy) is 1. The summed E-state index contributed by atoms with van der Waals surface area (Å²) in [6.07, 6.45) is 0.380. The van der Waals surface area contributed by atoms with Crippen molar-refractivity contribution >= 4 is 27.3 Å². The van der Waals surface area contributed by atoms with Crippen molar-refractivity contribution in [2.75, 3.05) is 13.7 Å². The summed E-state index contributed by atoms with van der Waals surface area (Å²) in [5.41, 5.74) is 0. The van der Waals surface area contributed by atoms with Crippen molar-refractivity contribution in [3.63, 3.8) is 0 Å². The Morgan fingerprint density at radius 2 is 2.25 bits per heavy atom. The highest BCUT2D eigenvalue weighted by molar-refractivity contribution is 7.91. The fourth-order valence-corrected chi connectivity index (χ4v) is 5.24. The third-order valence-corrected chi connectivity index (χ3v) is 6.83. The molecule has 1 aromatic rings. The molecule has 20 heavy (non-hydrogen) atoms. The molecular weight excluding hydrogens is 302 g/mol. The van der Waals surface area contributed by atoms with Gasteiger partial charge in [-0.3, -0.25) is 4.79 Å². The number of sulfonamides is 1. The van der Waals surface area contributed by atoms with E-state index in [2.05, 4.69) is 0 Å². The van der Waals surface area contributed by atoms with E-state index in [-0.39, 0.29) is 22.8 Å².